The van der Waals surface area contributed by atoms with Crippen LogP contribution in [0.5, 0.6) is 11.5 Å². The molecule has 0 bridgehead atoms. The minimum atomic E-state index is -0.405. The standard InChI is InChI=1S/C33H42O4/c1-5-24-7-9-25(10-8-24)26-19-21-33(22-20-26,27-11-15-29(16-12-27)36-31(34)6-2)28-13-17-30(18-14-28)37-32(35)23(3)4/h11-18,24-26H,3,5-10,19-22H2,1-2,4H3. The van der Waals surface area contributed by atoms with Crippen LogP contribution < -0.4 is 9.47 Å². The van der Waals surface area contributed by atoms with Crippen LogP contribution in [0.2, 0.25) is 0 Å². The summed E-state index contributed by atoms with van der Waals surface area (Å²) in [5, 5.41) is 0. The van der Waals surface area contributed by atoms with Crippen LogP contribution in [0.1, 0.15) is 96.1 Å². The van der Waals surface area contributed by atoms with E-state index in [-0.39, 0.29) is 11.4 Å². The first-order chi connectivity index (χ1) is 17.8. The van der Waals surface area contributed by atoms with Gasteiger partial charge in [0.05, 0.1) is 0 Å². The number of esters is 2. The van der Waals surface area contributed by atoms with E-state index < -0.39 is 5.97 Å². The summed E-state index contributed by atoms with van der Waals surface area (Å²) >= 11 is 0. The maximum atomic E-state index is 12.0. The molecule has 0 unspecified atom stereocenters. The maximum absolute atomic E-state index is 12.0. The van der Waals surface area contributed by atoms with E-state index in [0.29, 0.717) is 23.5 Å². The van der Waals surface area contributed by atoms with Crippen molar-refractivity contribution in [2.24, 2.45) is 17.8 Å². The Morgan fingerprint density at radius 3 is 1.73 bits per heavy atom. The van der Waals surface area contributed by atoms with Crippen LogP contribution >= 0.6 is 0 Å². The molecule has 0 radical (unpaired) electrons. The molecule has 2 fully saturated rings. The molecule has 2 aromatic carbocycles. The molecule has 0 aliphatic heterocycles. The van der Waals surface area contributed by atoms with Gasteiger partial charge in [0, 0.05) is 17.4 Å². The number of carbonyl (C=O) groups is 2. The minimum Gasteiger partial charge on any atom is -0.427 e. The van der Waals surface area contributed by atoms with Crippen LogP contribution in [0.25, 0.3) is 0 Å². The van der Waals surface area contributed by atoms with Crippen LogP contribution in [0, 0.1) is 17.8 Å². The Morgan fingerprint density at radius 1 is 0.784 bits per heavy atom. The zero-order valence-corrected chi connectivity index (χ0v) is 22.8. The second kappa shape index (κ2) is 12.1. The van der Waals surface area contributed by atoms with E-state index in [9.17, 15) is 9.59 Å². The van der Waals surface area contributed by atoms with Crippen LogP contribution in [-0.4, -0.2) is 11.9 Å². The number of carbonyl (C=O) groups excluding carboxylic acids is 2. The fourth-order valence-corrected chi connectivity index (χ4v) is 6.50. The fourth-order valence-electron chi connectivity index (χ4n) is 6.50. The summed E-state index contributed by atoms with van der Waals surface area (Å²) < 4.78 is 10.9. The van der Waals surface area contributed by atoms with E-state index in [0.717, 1.165) is 30.6 Å². The highest BCUT2D eigenvalue weighted by atomic mass is 16.5. The number of hydrogen-bond donors (Lipinski definition) is 0. The predicted octanol–water partition coefficient (Wildman–Crippen LogP) is 8.18. The molecular formula is C33H42O4. The first-order valence-corrected chi connectivity index (χ1v) is 14.1. The van der Waals surface area contributed by atoms with Gasteiger partial charge in [-0.05, 0) is 98.6 Å². The van der Waals surface area contributed by atoms with Crippen molar-refractivity contribution >= 4 is 11.9 Å². The monoisotopic (exact) mass is 502 g/mol. The third-order valence-electron chi connectivity index (χ3n) is 8.91. The summed E-state index contributed by atoms with van der Waals surface area (Å²) in [5.74, 6) is 3.09. The van der Waals surface area contributed by atoms with Crippen molar-refractivity contribution in [2.75, 3.05) is 0 Å². The second-order valence-corrected chi connectivity index (χ2v) is 11.2. The molecule has 2 aliphatic carbocycles. The minimum absolute atomic E-state index is 0.110. The molecule has 0 spiro atoms. The third kappa shape index (κ3) is 6.34. The zero-order chi connectivity index (χ0) is 26.4. The SMILES string of the molecule is C=C(C)C(=O)Oc1ccc(C2(c3ccc(OC(=O)CC)cc3)CCC(C3CCC(CC)CC3)CC2)cc1. The van der Waals surface area contributed by atoms with Crippen molar-refractivity contribution < 1.29 is 19.1 Å². The number of hydrogen-bond acceptors (Lipinski definition) is 4. The van der Waals surface area contributed by atoms with Crippen molar-refractivity contribution in [2.45, 2.75) is 90.4 Å². The number of benzene rings is 2. The normalized spacial score (nSPS) is 25.8. The van der Waals surface area contributed by atoms with E-state index in [2.05, 4.69) is 37.8 Å². The Balaban J connectivity index is 1.56. The van der Waals surface area contributed by atoms with Gasteiger partial charge in [0.2, 0.25) is 0 Å². The average molecular weight is 503 g/mol. The Labute approximate surface area is 222 Å². The predicted molar refractivity (Wildman–Crippen MR) is 148 cm³/mol. The fraction of sp³-hybridized carbons (Fsp3) is 0.515. The highest BCUT2D eigenvalue weighted by Gasteiger charge is 2.41. The molecule has 0 saturated heterocycles. The lowest BCUT2D eigenvalue weighted by Gasteiger charge is -2.44. The van der Waals surface area contributed by atoms with Crippen LogP contribution in [0.4, 0.5) is 0 Å². The summed E-state index contributed by atoms with van der Waals surface area (Å²) in [7, 11) is 0. The first-order valence-electron chi connectivity index (χ1n) is 14.1. The quantitative estimate of drug-likeness (QED) is 0.207. The first kappa shape index (κ1) is 27.2. The molecule has 4 nitrogen and oxygen atoms in total. The van der Waals surface area contributed by atoms with E-state index in [4.69, 9.17) is 9.47 Å². The van der Waals surface area contributed by atoms with Gasteiger partial charge in [-0.25, -0.2) is 4.79 Å². The Morgan fingerprint density at radius 2 is 1.27 bits per heavy atom. The van der Waals surface area contributed by atoms with Gasteiger partial charge in [-0.3, -0.25) is 4.79 Å². The van der Waals surface area contributed by atoms with Crippen molar-refractivity contribution in [1.82, 2.24) is 0 Å². The van der Waals surface area contributed by atoms with E-state index in [1.54, 1.807) is 13.8 Å². The van der Waals surface area contributed by atoms with Gasteiger partial charge in [-0.1, -0.05) is 64.0 Å². The topological polar surface area (TPSA) is 52.6 Å². The van der Waals surface area contributed by atoms with Crippen molar-refractivity contribution in [3.05, 3.63) is 71.8 Å². The summed E-state index contributed by atoms with van der Waals surface area (Å²) in [6, 6.07) is 16.1. The van der Waals surface area contributed by atoms with Crippen LogP contribution in [0.15, 0.2) is 60.7 Å². The maximum Gasteiger partial charge on any atom is 0.338 e. The van der Waals surface area contributed by atoms with E-state index >= 15 is 0 Å². The summed E-state index contributed by atoms with van der Waals surface area (Å²) in [6.07, 6.45) is 11.9. The molecule has 4 rings (SSSR count). The van der Waals surface area contributed by atoms with Crippen LogP contribution in [0.3, 0.4) is 0 Å². The molecule has 198 valence electrons. The van der Waals surface area contributed by atoms with Gasteiger partial charge in [0.15, 0.2) is 0 Å². The smallest absolute Gasteiger partial charge is 0.338 e. The van der Waals surface area contributed by atoms with Crippen LogP contribution in [-0.2, 0) is 15.0 Å². The molecule has 0 heterocycles. The molecule has 2 saturated carbocycles. The molecule has 2 aliphatic rings. The van der Waals surface area contributed by atoms with Crippen molar-refractivity contribution in [3.8, 4) is 11.5 Å². The van der Waals surface area contributed by atoms with Gasteiger partial charge in [-0.2, -0.15) is 0 Å². The lowest BCUT2D eigenvalue weighted by molar-refractivity contribution is -0.134. The van der Waals surface area contributed by atoms with Gasteiger partial charge in [-0.15, -0.1) is 0 Å². The molecule has 4 heteroatoms. The third-order valence-corrected chi connectivity index (χ3v) is 8.91. The highest BCUT2D eigenvalue weighted by molar-refractivity contribution is 5.88. The Hall–Kier alpha value is -2.88. The van der Waals surface area contributed by atoms with E-state index in [1.807, 2.05) is 24.3 Å². The molecule has 0 atom stereocenters. The molecule has 37 heavy (non-hydrogen) atoms. The van der Waals surface area contributed by atoms with Gasteiger partial charge < -0.3 is 9.47 Å². The molecule has 0 amide bonds. The molecule has 2 aromatic rings. The molecule has 0 N–H and O–H groups in total. The Bertz CT molecular complexity index is 1070. The summed E-state index contributed by atoms with van der Waals surface area (Å²) in [5.41, 5.74) is 2.77. The zero-order valence-electron chi connectivity index (χ0n) is 22.8. The number of rotatable bonds is 8. The lowest BCUT2D eigenvalue weighted by atomic mass is 9.60. The largest absolute Gasteiger partial charge is 0.427 e. The van der Waals surface area contributed by atoms with Gasteiger partial charge >= 0.3 is 11.9 Å². The Kier molecular flexibility index (Phi) is 8.89. The highest BCUT2D eigenvalue weighted by Crippen LogP contribution is 2.50. The van der Waals surface area contributed by atoms with E-state index in [1.165, 1.54) is 56.1 Å². The van der Waals surface area contributed by atoms with Gasteiger partial charge in [0.25, 0.3) is 0 Å². The van der Waals surface area contributed by atoms with Crippen molar-refractivity contribution in [1.29, 1.82) is 0 Å². The number of ether oxygens (including phenoxy) is 2. The summed E-state index contributed by atoms with van der Waals surface area (Å²) in [4.78, 5) is 23.7. The second-order valence-electron chi connectivity index (χ2n) is 11.2. The lowest BCUT2D eigenvalue weighted by Crippen LogP contribution is -2.35. The van der Waals surface area contributed by atoms with Crippen molar-refractivity contribution in [3.63, 3.8) is 0 Å². The summed E-state index contributed by atoms with van der Waals surface area (Å²) in [6.45, 7) is 9.46. The molecular weight excluding hydrogens is 460 g/mol. The van der Waals surface area contributed by atoms with Gasteiger partial charge in [0.1, 0.15) is 11.5 Å². The molecule has 0 aromatic heterocycles. The average Bonchev–Trinajstić information content (AvgIpc) is 2.94.